The van der Waals surface area contributed by atoms with Crippen molar-refractivity contribution < 1.29 is 4.74 Å². The van der Waals surface area contributed by atoms with E-state index in [-0.39, 0.29) is 0 Å². The summed E-state index contributed by atoms with van der Waals surface area (Å²) in [6.45, 7) is 4.20. The van der Waals surface area contributed by atoms with Gasteiger partial charge in [-0.1, -0.05) is 0 Å². The van der Waals surface area contributed by atoms with Crippen molar-refractivity contribution in [1.29, 1.82) is 5.26 Å². The molecule has 1 aromatic rings. The molecular formula is C15H19N3O. The predicted octanol–water partition coefficient (Wildman–Crippen LogP) is 1.85. The minimum Gasteiger partial charge on any atom is -0.497 e. The Bertz CT molecular complexity index is 497. The molecule has 2 fully saturated rings. The van der Waals surface area contributed by atoms with Crippen LogP contribution in [0.1, 0.15) is 18.4 Å². The molecule has 1 aliphatic carbocycles. The molecule has 0 aromatic heterocycles. The predicted molar refractivity (Wildman–Crippen MR) is 74.5 cm³/mol. The molecule has 4 heteroatoms. The van der Waals surface area contributed by atoms with Crippen LogP contribution in [0.3, 0.4) is 0 Å². The Kier molecular flexibility index (Phi) is 3.31. The van der Waals surface area contributed by atoms with E-state index in [0.29, 0.717) is 0 Å². The molecule has 0 atom stereocenters. The Balaban J connectivity index is 1.76. The lowest BCUT2D eigenvalue weighted by Gasteiger charge is -2.36. The molecule has 3 rings (SSSR count). The fraction of sp³-hybridized carbons (Fsp3) is 0.533. The van der Waals surface area contributed by atoms with Gasteiger partial charge in [0.1, 0.15) is 11.8 Å². The molecule has 19 heavy (non-hydrogen) atoms. The first-order chi connectivity index (χ1) is 9.31. The van der Waals surface area contributed by atoms with E-state index in [2.05, 4.69) is 15.9 Å². The van der Waals surface area contributed by atoms with E-state index in [9.17, 15) is 5.26 Å². The lowest BCUT2D eigenvalue weighted by atomic mass is 10.1. The Labute approximate surface area is 114 Å². The van der Waals surface area contributed by atoms with Gasteiger partial charge in [0.15, 0.2) is 0 Å². The highest BCUT2D eigenvalue weighted by atomic mass is 16.5. The summed E-state index contributed by atoms with van der Waals surface area (Å²) in [4.78, 5) is 4.88. The number of hydrogen-bond donors (Lipinski definition) is 0. The Morgan fingerprint density at radius 3 is 2.53 bits per heavy atom. The molecular weight excluding hydrogens is 238 g/mol. The van der Waals surface area contributed by atoms with Crippen molar-refractivity contribution in [3.05, 3.63) is 23.8 Å². The van der Waals surface area contributed by atoms with Crippen LogP contribution in [0, 0.1) is 11.3 Å². The van der Waals surface area contributed by atoms with Gasteiger partial charge < -0.3 is 9.64 Å². The van der Waals surface area contributed by atoms with Crippen molar-refractivity contribution in [2.24, 2.45) is 0 Å². The molecule has 0 bridgehead atoms. The van der Waals surface area contributed by atoms with Gasteiger partial charge in [0.05, 0.1) is 18.4 Å². The molecule has 1 heterocycles. The van der Waals surface area contributed by atoms with Crippen molar-refractivity contribution >= 4 is 5.69 Å². The van der Waals surface area contributed by atoms with Crippen LogP contribution in [0.15, 0.2) is 18.2 Å². The second kappa shape index (κ2) is 5.10. The first-order valence-electron chi connectivity index (χ1n) is 6.89. The highest BCUT2D eigenvalue weighted by Gasteiger charge is 2.31. The molecule has 0 radical (unpaired) electrons. The summed E-state index contributed by atoms with van der Waals surface area (Å²) in [6, 6.07) is 8.79. The van der Waals surface area contributed by atoms with Crippen molar-refractivity contribution in [2.75, 3.05) is 38.2 Å². The summed E-state index contributed by atoms with van der Waals surface area (Å²) in [5.41, 5.74) is 1.75. The van der Waals surface area contributed by atoms with Gasteiger partial charge in [0.25, 0.3) is 0 Å². The van der Waals surface area contributed by atoms with Crippen LogP contribution in [-0.2, 0) is 0 Å². The third-order valence-corrected chi connectivity index (χ3v) is 4.04. The van der Waals surface area contributed by atoms with Crippen LogP contribution in [0.2, 0.25) is 0 Å². The third-order valence-electron chi connectivity index (χ3n) is 4.04. The normalized spacial score (nSPS) is 20.1. The minimum atomic E-state index is 0.737. The van der Waals surface area contributed by atoms with Crippen LogP contribution in [-0.4, -0.2) is 44.2 Å². The average molecular weight is 257 g/mol. The van der Waals surface area contributed by atoms with Crippen LogP contribution < -0.4 is 9.64 Å². The van der Waals surface area contributed by atoms with Crippen LogP contribution in [0.25, 0.3) is 0 Å². The second-order valence-corrected chi connectivity index (χ2v) is 5.25. The number of nitrogens with zero attached hydrogens (tertiary/aromatic N) is 3. The maximum atomic E-state index is 9.23. The van der Waals surface area contributed by atoms with E-state index in [0.717, 1.165) is 49.2 Å². The standard InChI is InChI=1S/C15H19N3O/c1-19-14-5-2-12(11-16)15(10-14)18-8-6-17(7-9-18)13-3-4-13/h2,5,10,13H,3-4,6-9H2,1H3. The quantitative estimate of drug-likeness (QED) is 0.828. The Morgan fingerprint density at radius 1 is 1.21 bits per heavy atom. The van der Waals surface area contributed by atoms with E-state index in [1.165, 1.54) is 12.8 Å². The summed E-state index contributed by atoms with van der Waals surface area (Å²) >= 11 is 0. The zero-order valence-corrected chi connectivity index (χ0v) is 11.3. The van der Waals surface area contributed by atoms with Crippen molar-refractivity contribution in [1.82, 2.24) is 4.90 Å². The maximum absolute atomic E-state index is 9.23. The topological polar surface area (TPSA) is 39.5 Å². The maximum Gasteiger partial charge on any atom is 0.121 e. The van der Waals surface area contributed by atoms with Crippen molar-refractivity contribution in [3.8, 4) is 11.8 Å². The summed E-state index contributed by atoms with van der Waals surface area (Å²) in [5, 5.41) is 9.23. The number of ether oxygens (including phenoxy) is 1. The molecule has 0 spiro atoms. The first-order valence-corrected chi connectivity index (χ1v) is 6.89. The van der Waals surface area contributed by atoms with E-state index < -0.39 is 0 Å². The third kappa shape index (κ3) is 2.52. The summed E-state index contributed by atoms with van der Waals surface area (Å²) in [5.74, 6) is 0.818. The van der Waals surface area contributed by atoms with Crippen molar-refractivity contribution in [3.63, 3.8) is 0 Å². The van der Waals surface area contributed by atoms with E-state index in [1.807, 2.05) is 18.2 Å². The average Bonchev–Trinajstić information content (AvgIpc) is 3.31. The molecule has 1 aliphatic heterocycles. The highest BCUT2D eigenvalue weighted by molar-refractivity contribution is 5.62. The van der Waals surface area contributed by atoms with Gasteiger partial charge in [-0.2, -0.15) is 5.26 Å². The lowest BCUT2D eigenvalue weighted by Crippen LogP contribution is -2.47. The number of rotatable bonds is 3. The van der Waals surface area contributed by atoms with Gasteiger partial charge in [-0.05, 0) is 25.0 Å². The summed E-state index contributed by atoms with van der Waals surface area (Å²) in [6.07, 6.45) is 2.73. The summed E-state index contributed by atoms with van der Waals surface area (Å²) in [7, 11) is 1.66. The largest absolute Gasteiger partial charge is 0.497 e. The van der Waals surface area contributed by atoms with Gasteiger partial charge in [-0.3, -0.25) is 4.90 Å². The Hall–Kier alpha value is -1.73. The van der Waals surface area contributed by atoms with Gasteiger partial charge in [0.2, 0.25) is 0 Å². The SMILES string of the molecule is COc1ccc(C#N)c(N2CCN(C3CC3)CC2)c1. The number of benzene rings is 1. The molecule has 4 nitrogen and oxygen atoms in total. The number of hydrogen-bond acceptors (Lipinski definition) is 4. The molecule has 100 valence electrons. The fourth-order valence-electron chi connectivity index (χ4n) is 2.76. The van der Waals surface area contributed by atoms with E-state index in [4.69, 9.17) is 4.74 Å². The minimum absolute atomic E-state index is 0.737. The number of anilines is 1. The molecule has 2 aliphatic rings. The second-order valence-electron chi connectivity index (χ2n) is 5.25. The molecule has 1 saturated heterocycles. The number of methoxy groups -OCH3 is 1. The molecule has 1 saturated carbocycles. The number of piperazine rings is 1. The zero-order valence-electron chi connectivity index (χ0n) is 11.3. The van der Waals surface area contributed by atoms with Gasteiger partial charge in [-0.25, -0.2) is 0 Å². The molecule has 0 N–H and O–H groups in total. The Morgan fingerprint density at radius 2 is 1.95 bits per heavy atom. The monoisotopic (exact) mass is 257 g/mol. The van der Waals surface area contributed by atoms with Gasteiger partial charge in [-0.15, -0.1) is 0 Å². The number of nitriles is 1. The van der Waals surface area contributed by atoms with Crippen molar-refractivity contribution in [2.45, 2.75) is 18.9 Å². The fourth-order valence-corrected chi connectivity index (χ4v) is 2.76. The zero-order chi connectivity index (χ0) is 13.2. The molecule has 1 aromatic carbocycles. The van der Waals surface area contributed by atoms with Crippen LogP contribution >= 0.6 is 0 Å². The van der Waals surface area contributed by atoms with Crippen LogP contribution in [0.4, 0.5) is 5.69 Å². The van der Waals surface area contributed by atoms with E-state index in [1.54, 1.807) is 7.11 Å². The highest BCUT2D eigenvalue weighted by Crippen LogP contribution is 2.30. The molecule has 0 unspecified atom stereocenters. The lowest BCUT2D eigenvalue weighted by molar-refractivity contribution is 0.248. The van der Waals surface area contributed by atoms with Crippen LogP contribution in [0.5, 0.6) is 5.75 Å². The summed E-state index contributed by atoms with van der Waals surface area (Å²) < 4.78 is 5.27. The molecule has 0 amide bonds. The van der Waals surface area contributed by atoms with Gasteiger partial charge >= 0.3 is 0 Å². The van der Waals surface area contributed by atoms with E-state index >= 15 is 0 Å². The first kappa shape index (κ1) is 12.3. The van der Waals surface area contributed by atoms with Gasteiger partial charge in [0, 0.05) is 38.3 Å². The smallest absolute Gasteiger partial charge is 0.121 e.